The Morgan fingerprint density at radius 3 is 2.61 bits per heavy atom. The summed E-state index contributed by atoms with van der Waals surface area (Å²) in [5.41, 5.74) is 2.12. The molecule has 96 valence electrons. The summed E-state index contributed by atoms with van der Waals surface area (Å²) in [6.07, 6.45) is 0. The molecule has 1 N–H and O–H groups in total. The molecule has 0 aliphatic rings. The van der Waals surface area contributed by atoms with Crippen molar-refractivity contribution in [2.75, 3.05) is 7.11 Å². The quantitative estimate of drug-likeness (QED) is 0.881. The standard InChI is InChI=1S/C14H18N2O2/c1-10-8-14(18-16-10)9-15-11(2)12-4-6-13(17-3)7-5-12/h4-8,11,15H,9H2,1-3H3. The van der Waals surface area contributed by atoms with Crippen molar-refractivity contribution in [2.45, 2.75) is 26.4 Å². The van der Waals surface area contributed by atoms with Gasteiger partial charge < -0.3 is 14.6 Å². The maximum Gasteiger partial charge on any atom is 0.150 e. The molecule has 1 unspecified atom stereocenters. The van der Waals surface area contributed by atoms with Crippen molar-refractivity contribution in [3.05, 3.63) is 47.3 Å². The van der Waals surface area contributed by atoms with Crippen LogP contribution in [0.5, 0.6) is 5.75 Å². The average molecular weight is 246 g/mol. The van der Waals surface area contributed by atoms with Crippen molar-refractivity contribution in [1.29, 1.82) is 0 Å². The fourth-order valence-electron chi connectivity index (χ4n) is 1.76. The highest BCUT2D eigenvalue weighted by Gasteiger charge is 2.07. The monoisotopic (exact) mass is 246 g/mol. The molecule has 0 saturated carbocycles. The normalized spacial score (nSPS) is 12.4. The minimum atomic E-state index is 0.251. The van der Waals surface area contributed by atoms with E-state index >= 15 is 0 Å². The molecule has 1 aromatic heterocycles. The lowest BCUT2D eigenvalue weighted by Gasteiger charge is -2.13. The van der Waals surface area contributed by atoms with Gasteiger partial charge in [-0.25, -0.2) is 0 Å². The van der Waals surface area contributed by atoms with Gasteiger partial charge in [0.1, 0.15) is 5.75 Å². The zero-order chi connectivity index (χ0) is 13.0. The molecule has 1 atom stereocenters. The topological polar surface area (TPSA) is 47.3 Å². The Labute approximate surface area is 107 Å². The highest BCUT2D eigenvalue weighted by Crippen LogP contribution is 2.17. The fraction of sp³-hybridized carbons (Fsp3) is 0.357. The van der Waals surface area contributed by atoms with E-state index in [-0.39, 0.29) is 6.04 Å². The van der Waals surface area contributed by atoms with Crippen molar-refractivity contribution in [2.24, 2.45) is 0 Å². The number of nitrogens with one attached hydrogen (secondary N) is 1. The largest absolute Gasteiger partial charge is 0.497 e. The van der Waals surface area contributed by atoms with Crippen LogP contribution < -0.4 is 10.1 Å². The lowest BCUT2D eigenvalue weighted by molar-refractivity contribution is 0.363. The highest BCUT2D eigenvalue weighted by atomic mass is 16.5. The van der Waals surface area contributed by atoms with Crippen LogP contribution in [0.1, 0.15) is 30.0 Å². The van der Waals surface area contributed by atoms with Gasteiger partial charge in [-0.15, -0.1) is 0 Å². The van der Waals surface area contributed by atoms with Crippen LogP contribution >= 0.6 is 0 Å². The molecule has 0 radical (unpaired) electrons. The maximum absolute atomic E-state index is 5.15. The Hall–Kier alpha value is -1.81. The van der Waals surface area contributed by atoms with Crippen molar-refractivity contribution in [1.82, 2.24) is 10.5 Å². The SMILES string of the molecule is COc1ccc(C(C)NCc2cc(C)no2)cc1. The van der Waals surface area contributed by atoms with E-state index < -0.39 is 0 Å². The van der Waals surface area contributed by atoms with E-state index in [0.717, 1.165) is 17.2 Å². The average Bonchev–Trinajstić information content (AvgIpc) is 2.82. The summed E-state index contributed by atoms with van der Waals surface area (Å²) in [7, 11) is 1.67. The molecule has 0 spiro atoms. The zero-order valence-electron chi connectivity index (χ0n) is 10.9. The van der Waals surface area contributed by atoms with Crippen molar-refractivity contribution in [3.63, 3.8) is 0 Å². The number of ether oxygens (including phenoxy) is 1. The van der Waals surface area contributed by atoms with Gasteiger partial charge in [-0.05, 0) is 31.5 Å². The highest BCUT2D eigenvalue weighted by molar-refractivity contribution is 5.28. The Morgan fingerprint density at radius 2 is 2.06 bits per heavy atom. The summed E-state index contributed by atoms with van der Waals surface area (Å²) in [5, 5.41) is 7.25. The second-order valence-corrected chi connectivity index (χ2v) is 4.31. The first-order chi connectivity index (χ1) is 8.69. The molecule has 2 rings (SSSR count). The van der Waals surface area contributed by atoms with Crippen LogP contribution in [0.15, 0.2) is 34.9 Å². The molecule has 0 fully saturated rings. The molecule has 0 aliphatic carbocycles. The molecule has 2 aromatic rings. The molecular weight excluding hydrogens is 228 g/mol. The molecular formula is C14H18N2O2. The van der Waals surface area contributed by atoms with Crippen LogP contribution in [0, 0.1) is 6.92 Å². The van der Waals surface area contributed by atoms with Gasteiger partial charge in [0.15, 0.2) is 5.76 Å². The Balaban J connectivity index is 1.92. The Kier molecular flexibility index (Phi) is 3.99. The van der Waals surface area contributed by atoms with E-state index in [1.165, 1.54) is 5.56 Å². The summed E-state index contributed by atoms with van der Waals surface area (Å²) < 4.78 is 10.3. The van der Waals surface area contributed by atoms with E-state index in [1.54, 1.807) is 7.11 Å². The molecule has 0 bridgehead atoms. The van der Waals surface area contributed by atoms with Crippen molar-refractivity contribution in [3.8, 4) is 5.75 Å². The fourth-order valence-corrected chi connectivity index (χ4v) is 1.76. The number of hydrogen-bond acceptors (Lipinski definition) is 4. The molecule has 0 aliphatic heterocycles. The van der Waals surface area contributed by atoms with Gasteiger partial charge in [0, 0.05) is 12.1 Å². The second kappa shape index (κ2) is 5.69. The molecule has 1 aromatic carbocycles. The third-order valence-electron chi connectivity index (χ3n) is 2.88. The molecule has 4 nitrogen and oxygen atoms in total. The summed E-state index contributed by atoms with van der Waals surface area (Å²) in [6, 6.07) is 10.2. The molecule has 18 heavy (non-hydrogen) atoms. The van der Waals surface area contributed by atoms with E-state index in [2.05, 4.69) is 29.5 Å². The Morgan fingerprint density at radius 1 is 1.33 bits per heavy atom. The number of hydrogen-bond donors (Lipinski definition) is 1. The summed E-state index contributed by atoms with van der Waals surface area (Å²) in [5.74, 6) is 1.73. The van der Waals surface area contributed by atoms with Gasteiger partial charge in [-0.3, -0.25) is 0 Å². The number of aromatic nitrogens is 1. The molecule has 0 saturated heterocycles. The van der Waals surface area contributed by atoms with Crippen LogP contribution in [0.4, 0.5) is 0 Å². The minimum absolute atomic E-state index is 0.251. The minimum Gasteiger partial charge on any atom is -0.497 e. The van der Waals surface area contributed by atoms with Gasteiger partial charge in [-0.1, -0.05) is 17.3 Å². The van der Waals surface area contributed by atoms with Crippen LogP contribution in [0.2, 0.25) is 0 Å². The molecule has 1 heterocycles. The van der Waals surface area contributed by atoms with Gasteiger partial charge in [-0.2, -0.15) is 0 Å². The van der Waals surface area contributed by atoms with Crippen LogP contribution in [-0.4, -0.2) is 12.3 Å². The predicted molar refractivity (Wildman–Crippen MR) is 69.5 cm³/mol. The number of methoxy groups -OCH3 is 1. The summed E-state index contributed by atoms with van der Waals surface area (Å²) in [6.45, 7) is 4.71. The second-order valence-electron chi connectivity index (χ2n) is 4.31. The summed E-state index contributed by atoms with van der Waals surface area (Å²) in [4.78, 5) is 0. The van der Waals surface area contributed by atoms with Crippen LogP contribution in [-0.2, 0) is 6.54 Å². The van der Waals surface area contributed by atoms with Crippen LogP contribution in [0.25, 0.3) is 0 Å². The lowest BCUT2D eigenvalue weighted by Crippen LogP contribution is -2.17. The zero-order valence-corrected chi connectivity index (χ0v) is 10.9. The number of nitrogens with zero attached hydrogens (tertiary/aromatic N) is 1. The first-order valence-corrected chi connectivity index (χ1v) is 5.98. The maximum atomic E-state index is 5.15. The third-order valence-corrected chi connectivity index (χ3v) is 2.88. The third kappa shape index (κ3) is 3.11. The van der Waals surface area contributed by atoms with Gasteiger partial charge in [0.2, 0.25) is 0 Å². The molecule has 4 heteroatoms. The first kappa shape index (κ1) is 12.6. The smallest absolute Gasteiger partial charge is 0.150 e. The van der Waals surface area contributed by atoms with Gasteiger partial charge in [0.25, 0.3) is 0 Å². The lowest BCUT2D eigenvalue weighted by atomic mass is 10.1. The number of rotatable bonds is 5. The van der Waals surface area contributed by atoms with Gasteiger partial charge >= 0.3 is 0 Å². The van der Waals surface area contributed by atoms with E-state index in [4.69, 9.17) is 9.26 Å². The van der Waals surface area contributed by atoms with E-state index in [1.807, 2.05) is 25.1 Å². The van der Waals surface area contributed by atoms with Gasteiger partial charge in [0.05, 0.1) is 19.3 Å². The van der Waals surface area contributed by atoms with E-state index in [0.29, 0.717) is 6.54 Å². The number of aryl methyl sites for hydroxylation is 1. The molecule has 0 amide bonds. The van der Waals surface area contributed by atoms with Crippen LogP contribution in [0.3, 0.4) is 0 Å². The van der Waals surface area contributed by atoms with Crippen molar-refractivity contribution >= 4 is 0 Å². The number of benzene rings is 1. The summed E-state index contributed by atoms with van der Waals surface area (Å²) >= 11 is 0. The van der Waals surface area contributed by atoms with Crippen molar-refractivity contribution < 1.29 is 9.26 Å². The Bertz CT molecular complexity index is 491. The van der Waals surface area contributed by atoms with E-state index in [9.17, 15) is 0 Å². The predicted octanol–water partition coefficient (Wildman–Crippen LogP) is 2.84. The first-order valence-electron chi connectivity index (χ1n) is 5.98.